The first-order valence-corrected chi connectivity index (χ1v) is 7.21. The van der Waals surface area contributed by atoms with Gasteiger partial charge in [0.15, 0.2) is 0 Å². The second kappa shape index (κ2) is 6.23. The Bertz CT molecular complexity index is 734. The number of aromatic carboxylic acids is 1. The summed E-state index contributed by atoms with van der Waals surface area (Å²) in [4.78, 5) is 21.6. The SMILES string of the molecule is O=C(O)c1cccc(Nc2cc(Br)ccc2Br)c1[N+](=O)[O-]. The van der Waals surface area contributed by atoms with Crippen molar-refractivity contribution in [1.29, 1.82) is 0 Å². The van der Waals surface area contributed by atoms with Crippen LogP contribution in [0.1, 0.15) is 10.4 Å². The fraction of sp³-hybridized carbons (Fsp3) is 0. The van der Waals surface area contributed by atoms with Gasteiger partial charge in [0, 0.05) is 8.95 Å². The minimum atomic E-state index is -1.35. The molecule has 108 valence electrons. The molecule has 21 heavy (non-hydrogen) atoms. The van der Waals surface area contributed by atoms with E-state index in [1.165, 1.54) is 18.2 Å². The first-order valence-electron chi connectivity index (χ1n) is 5.63. The van der Waals surface area contributed by atoms with Crippen molar-refractivity contribution in [3.8, 4) is 0 Å². The van der Waals surface area contributed by atoms with Crippen molar-refractivity contribution in [2.24, 2.45) is 0 Å². The van der Waals surface area contributed by atoms with Gasteiger partial charge >= 0.3 is 11.7 Å². The lowest BCUT2D eigenvalue weighted by molar-refractivity contribution is -0.384. The lowest BCUT2D eigenvalue weighted by Gasteiger charge is -2.10. The summed E-state index contributed by atoms with van der Waals surface area (Å²) in [5.41, 5.74) is -0.151. The number of hydrogen-bond acceptors (Lipinski definition) is 4. The van der Waals surface area contributed by atoms with Gasteiger partial charge in [0.2, 0.25) is 0 Å². The van der Waals surface area contributed by atoms with Crippen molar-refractivity contribution in [1.82, 2.24) is 0 Å². The number of carbonyl (C=O) groups is 1. The van der Waals surface area contributed by atoms with Crippen molar-refractivity contribution >= 4 is 54.9 Å². The average Bonchev–Trinajstić information content (AvgIpc) is 2.42. The molecule has 0 aliphatic carbocycles. The first kappa shape index (κ1) is 15.5. The molecule has 0 unspecified atom stereocenters. The van der Waals surface area contributed by atoms with Gasteiger partial charge in [0.25, 0.3) is 0 Å². The predicted molar refractivity (Wildman–Crippen MR) is 85.2 cm³/mol. The number of anilines is 2. The molecule has 0 spiro atoms. The number of rotatable bonds is 4. The number of hydrogen-bond donors (Lipinski definition) is 2. The van der Waals surface area contributed by atoms with E-state index in [1.807, 2.05) is 0 Å². The van der Waals surface area contributed by atoms with Gasteiger partial charge in [-0.2, -0.15) is 0 Å². The highest BCUT2D eigenvalue weighted by molar-refractivity contribution is 9.11. The molecular weight excluding hydrogens is 408 g/mol. The van der Waals surface area contributed by atoms with Gasteiger partial charge in [-0.25, -0.2) is 4.79 Å². The van der Waals surface area contributed by atoms with Crippen LogP contribution in [0, 0.1) is 10.1 Å². The molecule has 0 bridgehead atoms. The predicted octanol–water partition coefficient (Wildman–Crippen LogP) is 4.56. The number of nitro benzene ring substituents is 1. The lowest BCUT2D eigenvalue weighted by atomic mass is 10.1. The van der Waals surface area contributed by atoms with Crippen LogP contribution in [0.5, 0.6) is 0 Å². The summed E-state index contributed by atoms with van der Waals surface area (Å²) in [6.07, 6.45) is 0. The molecular formula is C13H8Br2N2O4. The number of halogens is 2. The second-order valence-electron chi connectivity index (χ2n) is 4.01. The van der Waals surface area contributed by atoms with Crippen molar-refractivity contribution in [2.75, 3.05) is 5.32 Å². The maximum Gasteiger partial charge on any atom is 0.342 e. The van der Waals surface area contributed by atoms with E-state index in [0.717, 1.165) is 4.47 Å². The van der Waals surface area contributed by atoms with E-state index in [4.69, 9.17) is 5.11 Å². The molecule has 0 fully saturated rings. The van der Waals surface area contributed by atoms with Crippen molar-refractivity contribution in [3.05, 3.63) is 61.0 Å². The van der Waals surface area contributed by atoms with Crippen LogP contribution in [0.3, 0.4) is 0 Å². The molecule has 8 heteroatoms. The van der Waals surface area contributed by atoms with Crippen molar-refractivity contribution in [3.63, 3.8) is 0 Å². The second-order valence-corrected chi connectivity index (χ2v) is 5.78. The molecule has 0 radical (unpaired) electrons. The molecule has 0 saturated carbocycles. The summed E-state index contributed by atoms with van der Waals surface area (Å²) in [7, 11) is 0. The summed E-state index contributed by atoms with van der Waals surface area (Å²) in [5.74, 6) is -1.35. The molecule has 0 saturated heterocycles. The maximum atomic E-state index is 11.2. The van der Waals surface area contributed by atoms with Crippen molar-refractivity contribution in [2.45, 2.75) is 0 Å². The molecule has 0 aromatic heterocycles. The minimum absolute atomic E-state index is 0.110. The topological polar surface area (TPSA) is 92.5 Å². The van der Waals surface area contributed by atoms with Gasteiger partial charge in [-0.05, 0) is 46.3 Å². The Morgan fingerprint density at radius 3 is 2.52 bits per heavy atom. The Morgan fingerprint density at radius 1 is 1.19 bits per heavy atom. The van der Waals surface area contributed by atoms with E-state index in [0.29, 0.717) is 10.2 Å². The molecule has 2 N–H and O–H groups in total. The Hall–Kier alpha value is -1.93. The van der Waals surface area contributed by atoms with E-state index in [1.54, 1.807) is 18.2 Å². The van der Waals surface area contributed by atoms with Crippen LogP contribution in [0.25, 0.3) is 0 Å². The molecule has 6 nitrogen and oxygen atoms in total. The van der Waals surface area contributed by atoms with Crippen LogP contribution in [-0.2, 0) is 0 Å². The quantitative estimate of drug-likeness (QED) is 0.563. The van der Waals surface area contributed by atoms with E-state index < -0.39 is 16.6 Å². The van der Waals surface area contributed by atoms with E-state index in [2.05, 4.69) is 37.2 Å². The zero-order valence-corrected chi connectivity index (χ0v) is 13.5. The maximum absolute atomic E-state index is 11.2. The lowest BCUT2D eigenvalue weighted by Crippen LogP contribution is -2.05. The van der Waals surface area contributed by atoms with E-state index >= 15 is 0 Å². The van der Waals surface area contributed by atoms with Gasteiger partial charge in [-0.3, -0.25) is 10.1 Å². The van der Waals surface area contributed by atoms with Crippen LogP contribution in [0.4, 0.5) is 17.1 Å². The van der Waals surface area contributed by atoms with Gasteiger partial charge in [-0.1, -0.05) is 22.0 Å². The van der Waals surface area contributed by atoms with E-state index in [9.17, 15) is 14.9 Å². The molecule has 0 atom stereocenters. The smallest absolute Gasteiger partial charge is 0.342 e. The summed E-state index contributed by atoms with van der Waals surface area (Å²) in [6.45, 7) is 0. The molecule has 2 aromatic carbocycles. The van der Waals surface area contributed by atoms with Crippen molar-refractivity contribution < 1.29 is 14.8 Å². The number of nitrogens with zero attached hydrogens (tertiary/aromatic N) is 1. The number of carboxylic acid groups (broad SMARTS) is 1. The van der Waals surface area contributed by atoms with Crippen LogP contribution >= 0.6 is 31.9 Å². The molecule has 0 aliphatic rings. The number of nitrogens with one attached hydrogen (secondary N) is 1. The number of benzene rings is 2. The fourth-order valence-electron chi connectivity index (χ4n) is 1.75. The normalized spacial score (nSPS) is 10.2. The third kappa shape index (κ3) is 3.40. The van der Waals surface area contributed by atoms with Crippen LogP contribution in [0.15, 0.2) is 45.3 Å². The Morgan fingerprint density at radius 2 is 1.90 bits per heavy atom. The zero-order valence-electron chi connectivity index (χ0n) is 10.3. The molecule has 2 rings (SSSR count). The van der Waals surface area contributed by atoms with Crippen LogP contribution < -0.4 is 5.32 Å². The first-order chi connectivity index (χ1) is 9.90. The third-order valence-electron chi connectivity index (χ3n) is 2.65. The zero-order chi connectivity index (χ0) is 15.6. The number of nitro groups is 1. The summed E-state index contributed by atoms with van der Waals surface area (Å²) < 4.78 is 1.48. The summed E-state index contributed by atoms with van der Waals surface area (Å²) in [5, 5.41) is 23.1. The molecule has 2 aromatic rings. The molecule has 0 aliphatic heterocycles. The van der Waals surface area contributed by atoms with E-state index in [-0.39, 0.29) is 11.3 Å². The fourth-order valence-corrected chi connectivity index (χ4v) is 2.46. The van der Waals surface area contributed by atoms with Gasteiger partial charge in [-0.15, -0.1) is 0 Å². The van der Waals surface area contributed by atoms with Gasteiger partial charge in [0.1, 0.15) is 11.3 Å². The summed E-state index contributed by atoms with van der Waals surface area (Å²) >= 11 is 6.63. The molecule has 0 amide bonds. The van der Waals surface area contributed by atoms with Crippen LogP contribution in [-0.4, -0.2) is 16.0 Å². The Kier molecular flexibility index (Phi) is 4.59. The Balaban J connectivity index is 2.54. The van der Waals surface area contributed by atoms with Crippen LogP contribution in [0.2, 0.25) is 0 Å². The molecule has 0 heterocycles. The third-order valence-corrected chi connectivity index (χ3v) is 3.83. The minimum Gasteiger partial charge on any atom is -0.477 e. The highest BCUT2D eigenvalue weighted by Crippen LogP contribution is 2.34. The standard InChI is InChI=1S/C13H8Br2N2O4/c14-7-4-5-9(15)11(6-7)16-10-3-1-2-8(13(18)19)12(10)17(20)21/h1-6,16H,(H,18,19). The van der Waals surface area contributed by atoms with Gasteiger partial charge < -0.3 is 10.4 Å². The Labute approximate surface area is 136 Å². The largest absolute Gasteiger partial charge is 0.477 e. The number of carboxylic acids is 1. The number of para-hydroxylation sites is 1. The highest BCUT2D eigenvalue weighted by atomic mass is 79.9. The average molecular weight is 416 g/mol. The highest BCUT2D eigenvalue weighted by Gasteiger charge is 2.24. The monoisotopic (exact) mass is 414 g/mol. The van der Waals surface area contributed by atoms with Gasteiger partial charge in [0.05, 0.1) is 10.6 Å². The summed E-state index contributed by atoms with van der Waals surface area (Å²) in [6, 6.07) is 9.39.